The minimum Gasteiger partial charge on any atom is -0.379 e. The molecule has 0 spiro atoms. The summed E-state index contributed by atoms with van der Waals surface area (Å²) in [5.41, 5.74) is 0. The fourth-order valence-corrected chi connectivity index (χ4v) is 1.40. The third-order valence-electron chi connectivity index (χ3n) is 2.61. The van der Waals surface area contributed by atoms with Crippen molar-refractivity contribution >= 4 is 0 Å². The van der Waals surface area contributed by atoms with Crippen molar-refractivity contribution in [1.82, 2.24) is 0 Å². The van der Waals surface area contributed by atoms with Gasteiger partial charge in [-0.3, -0.25) is 0 Å². The van der Waals surface area contributed by atoms with Crippen molar-refractivity contribution in [1.29, 1.82) is 0 Å². The Hall–Kier alpha value is -0.160. The van der Waals surface area contributed by atoms with Gasteiger partial charge in [-0.1, -0.05) is 26.7 Å². The lowest BCUT2D eigenvalue weighted by Crippen LogP contribution is -2.09. The molecule has 0 unspecified atom stereocenters. The van der Waals surface area contributed by atoms with E-state index in [2.05, 4.69) is 13.8 Å². The van der Waals surface area contributed by atoms with E-state index in [0.717, 1.165) is 45.7 Å². The van der Waals surface area contributed by atoms with Gasteiger partial charge in [-0.25, -0.2) is 0 Å². The Balaban J connectivity index is 2.88. The molecule has 0 aromatic heterocycles. The second-order valence-electron chi connectivity index (χ2n) is 4.51. The first-order valence-corrected chi connectivity index (χ1v) is 7.72. The topological polar surface area (TPSA) is 36.9 Å². The molecule has 0 fully saturated rings. The standard InChI is InChI=1S/C15H32O4/c1-3-5-8-16-12-14-18-10-7-11-19-15-13-17-9-6-4-2/h3-15H2,1-2H3. The zero-order valence-corrected chi connectivity index (χ0v) is 12.8. The summed E-state index contributed by atoms with van der Waals surface area (Å²) in [6.07, 6.45) is 5.56. The van der Waals surface area contributed by atoms with Crippen LogP contribution in [0.25, 0.3) is 0 Å². The highest BCUT2D eigenvalue weighted by atomic mass is 16.5. The minimum absolute atomic E-state index is 0.684. The van der Waals surface area contributed by atoms with E-state index < -0.39 is 0 Å². The van der Waals surface area contributed by atoms with Crippen LogP contribution < -0.4 is 0 Å². The lowest BCUT2D eigenvalue weighted by atomic mass is 10.4. The molecule has 0 aliphatic carbocycles. The molecule has 0 atom stereocenters. The van der Waals surface area contributed by atoms with Gasteiger partial charge >= 0.3 is 0 Å². The number of hydrogen-bond acceptors (Lipinski definition) is 4. The average molecular weight is 276 g/mol. The molecule has 0 bridgehead atoms. The Bertz CT molecular complexity index is 137. The van der Waals surface area contributed by atoms with E-state index >= 15 is 0 Å². The maximum Gasteiger partial charge on any atom is 0.0700 e. The average Bonchev–Trinajstić information content (AvgIpc) is 2.43. The largest absolute Gasteiger partial charge is 0.379 e. The lowest BCUT2D eigenvalue weighted by Gasteiger charge is -2.07. The SMILES string of the molecule is CCCCOCCOCCCOCCOCCCC. The summed E-state index contributed by atoms with van der Waals surface area (Å²) in [6, 6.07) is 0. The van der Waals surface area contributed by atoms with Gasteiger partial charge in [-0.15, -0.1) is 0 Å². The van der Waals surface area contributed by atoms with Crippen molar-refractivity contribution in [2.45, 2.75) is 46.0 Å². The summed E-state index contributed by atoms with van der Waals surface area (Å²) in [5.74, 6) is 0. The van der Waals surface area contributed by atoms with Crippen molar-refractivity contribution in [3.05, 3.63) is 0 Å². The first-order valence-electron chi connectivity index (χ1n) is 7.72. The first kappa shape index (κ1) is 18.8. The van der Waals surface area contributed by atoms with Gasteiger partial charge in [0.2, 0.25) is 0 Å². The van der Waals surface area contributed by atoms with E-state index in [1.807, 2.05) is 0 Å². The van der Waals surface area contributed by atoms with E-state index in [1.54, 1.807) is 0 Å². The highest BCUT2D eigenvalue weighted by Crippen LogP contribution is 1.90. The maximum atomic E-state index is 5.44. The van der Waals surface area contributed by atoms with Gasteiger partial charge in [0.15, 0.2) is 0 Å². The number of rotatable bonds is 16. The number of unbranched alkanes of at least 4 members (excludes halogenated alkanes) is 2. The summed E-state index contributed by atoms with van der Waals surface area (Å²) >= 11 is 0. The summed E-state index contributed by atoms with van der Waals surface area (Å²) < 4.78 is 21.7. The number of ether oxygens (including phenoxy) is 4. The fraction of sp³-hybridized carbons (Fsp3) is 1.00. The van der Waals surface area contributed by atoms with Crippen molar-refractivity contribution < 1.29 is 18.9 Å². The lowest BCUT2D eigenvalue weighted by molar-refractivity contribution is 0.0211. The Labute approximate surface area is 118 Å². The van der Waals surface area contributed by atoms with Gasteiger partial charge in [-0.05, 0) is 19.3 Å². The molecule has 0 saturated heterocycles. The summed E-state index contributed by atoms with van der Waals surface area (Å²) in [6.45, 7) is 10.3. The van der Waals surface area contributed by atoms with Crippen molar-refractivity contribution in [2.75, 3.05) is 52.9 Å². The molecule has 4 nitrogen and oxygen atoms in total. The first-order chi connectivity index (χ1) is 9.41. The van der Waals surface area contributed by atoms with Gasteiger partial charge < -0.3 is 18.9 Å². The van der Waals surface area contributed by atoms with Crippen LogP contribution in [0, 0.1) is 0 Å². The second-order valence-corrected chi connectivity index (χ2v) is 4.51. The highest BCUT2D eigenvalue weighted by molar-refractivity contribution is 4.38. The van der Waals surface area contributed by atoms with Crippen molar-refractivity contribution in [2.24, 2.45) is 0 Å². The molecule has 0 saturated carbocycles. The van der Waals surface area contributed by atoms with Crippen molar-refractivity contribution in [3.8, 4) is 0 Å². The van der Waals surface area contributed by atoms with E-state index in [-0.39, 0.29) is 0 Å². The predicted octanol–water partition coefficient (Wildman–Crippen LogP) is 3.04. The van der Waals surface area contributed by atoms with Crippen LogP contribution in [-0.4, -0.2) is 52.9 Å². The molecule has 0 aromatic rings. The van der Waals surface area contributed by atoms with Gasteiger partial charge in [0.25, 0.3) is 0 Å². The molecular weight excluding hydrogens is 244 g/mol. The monoisotopic (exact) mass is 276 g/mol. The third kappa shape index (κ3) is 17.8. The molecule has 0 heterocycles. The molecule has 0 radical (unpaired) electrons. The smallest absolute Gasteiger partial charge is 0.0700 e. The third-order valence-corrected chi connectivity index (χ3v) is 2.61. The maximum absolute atomic E-state index is 5.44. The molecule has 0 amide bonds. The fourth-order valence-electron chi connectivity index (χ4n) is 1.40. The molecule has 0 aliphatic heterocycles. The van der Waals surface area contributed by atoms with Crippen LogP contribution in [-0.2, 0) is 18.9 Å². The Morgan fingerprint density at radius 2 is 0.737 bits per heavy atom. The molecule has 0 rings (SSSR count). The Kier molecular flexibility index (Phi) is 17.7. The van der Waals surface area contributed by atoms with Gasteiger partial charge in [0.1, 0.15) is 0 Å². The summed E-state index contributed by atoms with van der Waals surface area (Å²) in [7, 11) is 0. The van der Waals surface area contributed by atoms with Gasteiger partial charge in [0.05, 0.1) is 26.4 Å². The predicted molar refractivity (Wildman–Crippen MR) is 77.7 cm³/mol. The van der Waals surface area contributed by atoms with Crippen molar-refractivity contribution in [3.63, 3.8) is 0 Å². The summed E-state index contributed by atoms with van der Waals surface area (Å²) in [4.78, 5) is 0. The van der Waals surface area contributed by atoms with E-state index in [0.29, 0.717) is 26.4 Å². The van der Waals surface area contributed by atoms with Gasteiger partial charge in [0, 0.05) is 26.4 Å². The van der Waals surface area contributed by atoms with Crippen LogP contribution in [0.2, 0.25) is 0 Å². The van der Waals surface area contributed by atoms with Gasteiger partial charge in [-0.2, -0.15) is 0 Å². The van der Waals surface area contributed by atoms with E-state index in [4.69, 9.17) is 18.9 Å². The summed E-state index contributed by atoms with van der Waals surface area (Å²) in [5, 5.41) is 0. The number of hydrogen-bond donors (Lipinski definition) is 0. The molecule has 0 N–H and O–H groups in total. The van der Waals surface area contributed by atoms with Crippen LogP contribution in [0.1, 0.15) is 46.0 Å². The van der Waals surface area contributed by atoms with Crippen LogP contribution in [0.15, 0.2) is 0 Å². The van der Waals surface area contributed by atoms with E-state index in [9.17, 15) is 0 Å². The zero-order chi connectivity index (χ0) is 14.0. The molecule has 4 heteroatoms. The molecule has 0 aromatic carbocycles. The molecule has 116 valence electrons. The van der Waals surface area contributed by atoms with Crippen LogP contribution in [0.3, 0.4) is 0 Å². The normalized spacial score (nSPS) is 11.1. The zero-order valence-electron chi connectivity index (χ0n) is 12.8. The van der Waals surface area contributed by atoms with Crippen LogP contribution >= 0.6 is 0 Å². The Morgan fingerprint density at radius 3 is 1.05 bits per heavy atom. The molecular formula is C15H32O4. The van der Waals surface area contributed by atoms with Crippen LogP contribution in [0.5, 0.6) is 0 Å². The highest BCUT2D eigenvalue weighted by Gasteiger charge is 1.92. The quantitative estimate of drug-likeness (QED) is 0.406. The Morgan fingerprint density at radius 1 is 0.421 bits per heavy atom. The van der Waals surface area contributed by atoms with Crippen LogP contribution in [0.4, 0.5) is 0 Å². The molecule has 0 aliphatic rings. The van der Waals surface area contributed by atoms with E-state index in [1.165, 1.54) is 12.8 Å². The second kappa shape index (κ2) is 17.8. The minimum atomic E-state index is 0.684. The molecule has 19 heavy (non-hydrogen) atoms.